The lowest BCUT2D eigenvalue weighted by Crippen LogP contribution is -2.36. The van der Waals surface area contributed by atoms with Gasteiger partial charge in [-0.15, -0.1) is 10.2 Å². The van der Waals surface area contributed by atoms with Crippen molar-refractivity contribution >= 4 is 28.3 Å². The number of carbonyl (C=O) groups is 2. The summed E-state index contributed by atoms with van der Waals surface area (Å²) < 4.78 is 15.6. The highest BCUT2D eigenvalue weighted by atomic mass is 32.1. The lowest BCUT2D eigenvalue weighted by molar-refractivity contribution is -0.116. The van der Waals surface area contributed by atoms with E-state index in [1.807, 2.05) is 24.3 Å². The summed E-state index contributed by atoms with van der Waals surface area (Å²) in [5.74, 6) is 0.740. The molecule has 1 heterocycles. The molecule has 10 heteroatoms. The highest BCUT2D eigenvalue weighted by Crippen LogP contribution is 2.28. The number of rotatable bonds is 11. The fourth-order valence-corrected chi connectivity index (χ4v) is 3.82. The van der Waals surface area contributed by atoms with Crippen molar-refractivity contribution in [2.24, 2.45) is 0 Å². The van der Waals surface area contributed by atoms with E-state index in [0.29, 0.717) is 34.6 Å². The summed E-state index contributed by atoms with van der Waals surface area (Å²) in [6, 6.07) is 14.4. The van der Waals surface area contributed by atoms with Crippen LogP contribution in [0.3, 0.4) is 0 Å². The maximum Gasteiger partial charge on any atom is 0.257 e. The summed E-state index contributed by atoms with van der Waals surface area (Å²) in [4.78, 5) is 27.1. The number of aromatic nitrogens is 2. The number of hydrogen-bond acceptors (Lipinski definition) is 8. The molecular formula is C23H26N4O5S. The number of nitrogens with zero attached hydrogens (tertiary/aromatic N) is 3. The number of hydrogen-bond donors (Lipinski definition) is 1. The largest absolute Gasteiger partial charge is 0.497 e. The second-order valence-corrected chi connectivity index (χ2v) is 7.90. The molecule has 0 atom stereocenters. The van der Waals surface area contributed by atoms with Crippen LogP contribution >= 0.6 is 11.3 Å². The van der Waals surface area contributed by atoms with Crippen molar-refractivity contribution in [1.82, 2.24) is 15.1 Å². The van der Waals surface area contributed by atoms with Gasteiger partial charge in [0, 0.05) is 32.2 Å². The standard InChI is InChI=1S/C23H26N4O5S/c1-30-15-14-27(22(29)18-6-4-5-7-19(18)32-3)13-12-20(28)24-23-26-25-21(33-23)16-8-10-17(31-2)11-9-16/h4-11H,12-15H2,1-3H3,(H,24,26,28). The first kappa shape index (κ1) is 24.1. The van der Waals surface area contributed by atoms with E-state index in [4.69, 9.17) is 14.2 Å². The second-order valence-electron chi connectivity index (χ2n) is 6.92. The minimum Gasteiger partial charge on any atom is -0.497 e. The Kier molecular flexibility index (Phi) is 8.73. The van der Waals surface area contributed by atoms with Crippen LogP contribution in [0.2, 0.25) is 0 Å². The van der Waals surface area contributed by atoms with Gasteiger partial charge in [-0.1, -0.05) is 23.5 Å². The van der Waals surface area contributed by atoms with E-state index in [9.17, 15) is 9.59 Å². The maximum atomic E-state index is 13.0. The van der Waals surface area contributed by atoms with Crippen LogP contribution in [0.25, 0.3) is 10.6 Å². The van der Waals surface area contributed by atoms with E-state index < -0.39 is 0 Å². The molecule has 0 unspecified atom stereocenters. The van der Waals surface area contributed by atoms with Crippen LogP contribution in [-0.2, 0) is 9.53 Å². The third kappa shape index (κ3) is 6.50. The number of nitrogens with one attached hydrogen (secondary N) is 1. The van der Waals surface area contributed by atoms with Gasteiger partial charge in [-0.05, 0) is 36.4 Å². The van der Waals surface area contributed by atoms with Crippen molar-refractivity contribution in [1.29, 1.82) is 0 Å². The summed E-state index contributed by atoms with van der Waals surface area (Å²) >= 11 is 1.27. The lowest BCUT2D eigenvalue weighted by atomic mass is 10.1. The third-order valence-electron chi connectivity index (χ3n) is 4.81. The number of benzene rings is 2. The zero-order chi connectivity index (χ0) is 23.6. The highest BCUT2D eigenvalue weighted by molar-refractivity contribution is 7.18. The minimum absolute atomic E-state index is 0.0993. The van der Waals surface area contributed by atoms with Gasteiger partial charge in [0.05, 0.1) is 26.4 Å². The Balaban J connectivity index is 1.61. The Hall–Kier alpha value is -3.50. The van der Waals surface area contributed by atoms with Crippen molar-refractivity contribution < 1.29 is 23.8 Å². The Morgan fingerprint density at radius 1 is 0.970 bits per heavy atom. The van der Waals surface area contributed by atoms with Gasteiger partial charge in [-0.3, -0.25) is 9.59 Å². The van der Waals surface area contributed by atoms with Gasteiger partial charge in [-0.25, -0.2) is 0 Å². The molecule has 174 valence electrons. The first-order chi connectivity index (χ1) is 16.0. The van der Waals surface area contributed by atoms with E-state index >= 15 is 0 Å². The summed E-state index contributed by atoms with van der Waals surface area (Å²) in [5, 5.41) is 12.0. The Labute approximate surface area is 196 Å². The van der Waals surface area contributed by atoms with Crippen LogP contribution in [0, 0.1) is 0 Å². The van der Waals surface area contributed by atoms with Crippen molar-refractivity contribution in [2.45, 2.75) is 6.42 Å². The number of anilines is 1. The average molecular weight is 471 g/mol. The van der Waals surface area contributed by atoms with Gasteiger partial charge >= 0.3 is 0 Å². The first-order valence-electron chi connectivity index (χ1n) is 10.2. The average Bonchev–Trinajstić information content (AvgIpc) is 3.32. The summed E-state index contributed by atoms with van der Waals surface area (Å²) in [7, 11) is 4.68. The van der Waals surface area contributed by atoms with E-state index in [0.717, 1.165) is 11.3 Å². The maximum absolute atomic E-state index is 13.0. The molecule has 0 fully saturated rings. The van der Waals surface area contributed by atoms with Gasteiger partial charge in [0.15, 0.2) is 0 Å². The number of methoxy groups -OCH3 is 3. The zero-order valence-corrected chi connectivity index (χ0v) is 19.6. The monoisotopic (exact) mass is 470 g/mol. The fraction of sp³-hybridized carbons (Fsp3) is 0.304. The van der Waals surface area contributed by atoms with E-state index in [2.05, 4.69) is 15.5 Å². The smallest absolute Gasteiger partial charge is 0.257 e. The quantitative estimate of drug-likeness (QED) is 0.458. The van der Waals surface area contributed by atoms with Crippen molar-refractivity contribution in [3.63, 3.8) is 0 Å². The normalized spacial score (nSPS) is 10.5. The molecule has 0 aliphatic carbocycles. The molecule has 0 spiro atoms. The third-order valence-corrected chi connectivity index (χ3v) is 5.69. The van der Waals surface area contributed by atoms with Gasteiger partial charge in [0.1, 0.15) is 16.5 Å². The Bertz CT molecular complexity index is 1070. The summed E-state index contributed by atoms with van der Waals surface area (Å²) in [5.41, 5.74) is 1.31. The first-order valence-corrected chi connectivity index (χ1v) is 11.1. The molecule has 0 saturated carbocycles. The fourth-order valence-electron chi connectivity index (χ4n) is 3.05. The summed E-state index contributed by atoms with van der Waals surface area (Å²) in [6.45, 7) is 0.918. The topological polar surface area (TPSA) is 103 Å². The molecule has 0 aliphatic heterocycles. The van der Waals surface area contributed by atoms with Crippen LogP contribution in [0.15, 0.2) is 48.5 Å². The molecule has 0 saturated heterocycles. The SMILES string of the molecule is COCCN(CCC(=O)Nc1nnc(-c2ccc(OC)cc2)s1)C(=O)c1ccccc1OC. The van der Waals surface area contributed by atoms with Gasteiger partial charge < -0.3 is 24.4 Å². The molecule has 2 aromatic carbocycles. The summed E-state index contributed by atoms with van der Waals surface area (Å²) in [6.07, 6.45) is 0.0993. The Morgan fingerprint density at radius 3 is 2.42 bits per heavy atom. The second kappa shape index (κ2) is 11.9. The lowest BCUT2D eigenvalue weighted by Gasteiger charge is -2.23. The minimum atomic E-state index is -0.261. The molecule has 3 aromatic rings. The predicted molar refractivity (Wildman–Crippen MR) is 126 cm³/mol. The predicted octanol–water partition coefficient (Wildman–Crippen LogP) is 3.34. The number of amides is 2. The van der Waals surface area contributed by atoms with E-state index in [1.54, 1.807) is 43.4 Å². The van der Waals surface area contributed by atoms with Gasteiger partial charge in [0.2, 0.25) is 11.0 Å². The number of para-hydroxylation sites is 1. The van der Waals surface area contributed by atoms with Gasteiger partial charge in [-0.2, -0.15) is 0 Å². The van der Waals surface area contributed by atoms with Crippen LogP contribution < -0.4 is 14.8 Å². The molecule has 1 N–H and O–H groups in total. The van der Waals surface area contributed by atoms with Crippen LogP contribution in [0.4, 0.5) is 5.13 Å². The molecule has 0 aliphatic rings. The highest BCUT2D eigenvalue weighted by Gasteiger charge is 2.20. The molecule has 1 aromatic heterocycles. The molecule has 9 nitrogen and oxygen atoms in total. The zero-order valence-electron chi connectivity index (χ0n) is 18.7. The van der Waals surface area contributed by atoms with E-state index in [1.165, 1.54) is 18.4 Å². The van der Waals surface area contributed by atoms with Crippen molar-refractivity contribution in [3.8, 4) is 22.1 Å². The molecule has 33 heavy (non-hydrogen) atoms. The number of ether oxygens (including phenoxy) is 3. The number of carbonyl (C=O) groups excluding carboxylic acids is 2. The van der Waals surface area contributed by atoms with E-state index in [-0.39, 0.29) is 24.8 Å². The molecule has 0 bridgehead atoms. The van der Waals surface area contributed by atoms with Gasteiger partial charge in [0.25, 0.3) is 5.91 Å². The molecule has 3 rings (SSSR count). The van der Waals surface area contributed by atoms with Crippen molar-refractivity contribution in [2.75, 3.05) is 46.3 Å². The van der Waals surface area contributed by atoms with Crippen LogP contribution in [-0.4, -0.2) is 67.9 Å². The molecule has 2 amide bonds. The molecule has 0 radical (unpaired) electrons. The van der Waals surface area contributed by atoms with Crippen molar-refractivity contribution in [3.05, 3.63) is 54.1 Å². The van der Waals surface area contributed by atoms with Crippen LogP contribution in [0.1, 0.15) is 16.8 Å². The Morgan fingerprint density at radius 2 is 1.73 bits per heavy atom. The molecular weight excluding hydrogens is 444 g/mol. The van der Waals surface area contributed by atoms with Crippen LogP contribution in [0.5, 0.6) is 11.5 Å².